The van der Waals surface area contributed by atoms with Crippen LogP contribution in [-0.2, 0) is 0 Å². The van der Waals surface area contributed by atoms with Crippen molar-refractivity contribution in [1.82, 2.24) is 4.98 Å². The van der Waals surface area contributed by atoms with E-state index in [1.54, 1.807) is 18.2 Å². The molecule has 0 atom stereocenters. The first-order chi connectivity index (χ1) is 8.08. The fraction of sp³-hybridized carbons (Fsp3) is 0. The molecule has 0 saturated heterocycles. The number of nitrogens with one attached hydrogen (secondary N) is 1. The number of halogens is 2. The molecule has 1 heterocycles. The van der Waals surface area contributed by atoms with Gasteiger partial charge in [-0.1, -0.05) is 11.6 Å². The van der Waals surface area contributed by atoms with E-state index < -0.39 is 5.97 Å². The molecule has 0 aliphatic carbocycles. The number of rotatable bonds is 3. The van der Waals surface area contributed by atoms with Gasteiger partial charge >= 0.3 is 5.97 Å². The second-order valence-electron chi connectivity index (χ2n) is 3.08. The lowest BCUT2D eigenvalue weighted by Crippen LogP contribution is -2.01. The van der Waals surface area contributed by atoms with Crippen LogP contribution in [0.4, 0.5) is 10.7 Å². The fourth-order valence-corrected chi connectivity index (χ4v) is 2.67. The first-order valence-corrected chi connectivity index (χ1v) is 6.52. The number of aromatic carboxylic acids is 1. The zero-order valence-electron chi connectivity index (χ0n) is 8.28. The normalized spacial score (nSPS) is 10.2. The van der Waals surface area contributed by atoms with Gasteiger partial charge in [0.2, 0.25) is 0 Å². The number of hydrogen-bond acceptors (Lipinski definition) is 4. The van der Waals surface area contributed by atoms with Gasteiger partial charge in [0.1, 0.15) is 5.00 Å². The molecular weight excluding hydrogens is 328 g/mol. The zero-order valence-corrected chi connectivity index (χ0v) is 11.4. The van der Waals surface area contributed by atoms with E-state index in [4.69, 9.17) is 16.7 Å². The fourth-order valence-electron chi connectivity index (χ4n) is 1.20. The maximum atomic E-state index is 10.9. The van der Waals surface area contributed by atoms with Crippen LogP contribution in [0.5, 0.6) is 0 Å². The second kappa shape index (κ2) is 5.03. The van der Waals surface area contributed by atoms with Crippen LogP contribution in [0.2, 0.25) is 5.02 Å². The van der Waals surface area contributed by atoms with Gasteiger partial charge in [0, 0.05) is 9.50 Å². The summed E-state index contributed by atoms with van der Waals surface area (Å²) in [4.78, 5) is 14.7. The molecule has 2 N–H and O–H groups in total. The second-order valence-corrected chi connectivity index (χ2v) is 5.23. The number of carbonyl (C=O) groups is 1. The highest BCUT2D eigenvalue weighted by Gasteiger charge is 2.14. The Kier molecular flexibility index (Phi) is 3.66. The van der Waals surface area contributed by atoms with Gasteiger partial charge in [-0.3, -0.25) is 0 Å². The Bertz CT molecular complexity index is 573. The van der Waals surface area contributed by atoms with Crippen molar-refractivity contribution in [2.75, 3.05) is 5.32 Å². The summed E-state index contributed by atoms with van der Waals surface area (Å²) < 4.78 is 0.759. The summed E-state index contributed by atoms with van der Waals surface area (Å²) in [5, 5.41) is 13.0. The van der Waals surface area contributed by atoms with E-state index in [1.807, 2.05) is 0 Å². The molecule has 0 fully saturated rings. The van der Waals surface area contributed by atoms with E-state index in [2.05, 4.69) is 26.2 Å². The molecule has 0 unspecified atom stereocenters. The van der Waals surface area contributed by atoms with Gasteiger partial charge in [-0.25, -0.2) is 9.78 Å². The third-order valence-corrected chi connectivity index (χ3v) is 3.58. The Hall–Kier alpha value is -1.11. The van der Waals surface area contributed by atoms with Crippen LogP contribution in [0.3, 0.4) is 0 Å². The van der Waals surface area contributed by atoms with Crippen molar-refractivity contribution in [3.8, 4) is 0 Å². The molecular formula is C10H6BrClN2O2S. The summed E-state index contributed by atoms with van der Waals surface area (Å²) in [6.07, 6.45) is 0. The quantitative estimate of drug-likeness (QED) is 0.891. The average molecular weight is 334 g/mol. The van der Waals surface area contributed by atoms with Crippen molar-refractivity contribution in [2.45, 2.75) is 0 Å². The molecule has 1 aromatic heterocycles. The highest BCUT2D eigenvalue weighted by atomic mass is 79.9. The number of thiazole rings is 1. The number of benzene rings is 1. The monoisotopic (exact) mass is 332 g/mol. The van der Waals surface area contributed by atoms with Gasteiger partial charge in [0.05, 0.1) is 11.2 Å². The van der Waals surface area contributed by atoms with Crippen molar-refractivity contribution in [1.29, 1.82) is 0 Å². The van der Waals surface area contributed by atoms with Gasteiger partial charge in [-0.15, -0.1) is 11.3 Å². The highest BCUT2D eigenvalue weighted by Crippen LogP contribution is 2.31. The van der Waals surface area contributed by atoms with Gasteiger partial charge in [0.15, 0.2) is 5.69 Å². The number of nitrogens with zero attached hydrogens (tertiary/aromatic N) is 1. The van der Waals surface area contributed by atoms with Crippen molar-refractivity contribution < 1.29 is 9.90 Å². The van der Waals surface area contributed by atoms with Gasteiger partial charge in [-0.2, -0.15) is 0 Å². The average Bonchev–Trinajstić information content (AvgIpc) is 2.70. The molecule has 0 aliphatic rings. The molecule has 88 valence electrons. The molecule has 0 bridgehead atoms. The Morgan fingerprint density at radius 1 is 1.53 bits per heavy atom. The lowest BCUT2D eigenvalue weighted by Gasteiger charge is -2.07. The zero-order chi connectivity index (χ0) is 12.4. The largest absolute Gasteiger partial charge is 0.476 e. The molecule has 4 nitrogen and oxygen atoms in total. The Morgan fingerprint density at radius 3 is 2.94 bits per heavy atom. The summed E-state index contributed by atoms with van der Waals surface area (Å²) in [5.74, 6) is -1.06. The molecule has 0 saturated carbocycles. The maximum Gasteiger partial charge on any atom is 0.357 e. The predicted molar refractivity (Wildman–Crippen MR) is 71.5 cm³/mol. The Balaban J connectivity index is 2.31. The summed E-state index contributed by atoms with van der Waals surface area (Å²) in [5.41, 5.74) is 2.23. The van der Waals surface area contributed by atoms with Crippen molar-refractivity contribution in [3.05, 3.63) is 38.9 Å². The third kappa shape index (κ3) is 2.77. The van der Waals surface area contributed by atoms with Gasteiger partial charge in [0.25, 0.3) is 0 Å². The molecule has 7 heteroatoms. The van der Waals surface area contributed by atoms with E-state index >= 15 is 0 Å². The van der Waals surface area contributed by atoms with Crippen LogP contribution in [0.1, 0.15) is 10.5 Å². The minimum Gasteiger partial charge on any atom is -0.476 e. The number of aromatic nitrogens is 1. The van der Waals surface area contributed by atoms with Crippen molar-refractivity contribution in [2.24, 2.45) is 0 Å². The number of anilines is 2. The summed E-state index contributed by atoms with van der Waals surface area (Å²) in [6, 6.07) is 5.21. The van der Waals surface area contributed by atoms with Crippen LogP contribution in [0.25, 0.3) is 0 Å². The highest BCUT2D eigenvalue weighted by molar-refractivity contribution is 9.10. The number of carboxylic acids is 1. The van der Waals surface area contributed by atoms with Crippen molar-refractivity contribution >= 4 is 55.5 Å². The predicted octanol–water partition coefficient (Wildman–Crippen LogP) is 4.00. The molecule has 2 aromatic rings. The topological polar surface area (TPSA) is 62.2 Å². The first kappa shape index (κ1) is 12.3. The van der Waals surface area contributed by atoms with E-state index in [0.717, 1.165) is 10.2 Å². The Labute approximate surface area is 114 Å². The number of hydrogen-bond donors (Lipinski definition) is 2. The molecule has 0 radical (unpaired) electrons. The minimum absolute atomic E-state index is 0.0110. The third-order valence-electron chi connectivity index (χ3n) is 1.95. The van der Waals surface area contributed by atoms with Crippen LogP contribution in [0, 0.1) is 0 Å². The molecule has 0 spiro atoms. The van der Waals surface area contributed by atoms with E-state index in [0.29, 0.717) is 10.0 Å². The molecule has 0 aliphatic heterocycles. The molecule has 17 heavy (non-hydrogen) atoms. The summed E-state index contributed by atoms with van der Waals surface area (Å²) in [6.45, 7) is 0. The van der Waals surface area contributed by atoms with Crippen LogP contribution in [0.15, 0.2) is 28.2 Å². The lowest BCUT2D eigenvalue weighted by molar-refractivity contribution is 0.0692. The lowest BCUT2D eigenvalue weighted by atomic mass is 10.3. The van der Waals surface area contributed by atoms with Gasteiger partial charge < -0.3 is 10.4 Å². The van der Waals surface area contributed by atoms with E-state index in [9.17, 15) is 4.79 Å². The van der Waals surface area contributed by atoms with Gasteiger partial charge in [-0.05, 0) is 34.1 Å². The van der Waals surface area contributed by atoms with Crippen LogP contribution < -0.4 is 5.32 Å². The first-order valence-electron chi connectivity index (χ1n) is 4.47. The molecule has 2 rings (SSSR count). The maximum absolute atomic E-state index is 10.9. The van der Waals surface area contributed by atoms with E-state index in [-0.39, 0.29) is 5.69 Å². The summed E-state index contributed by atoms with van der Waals surface area (Å²) in [7, 11) is 0. The standard InChI is InChI=1S/C10H6BrClN2O2S/c11-6-3-5(12)1-2-7(6)14-9-8(10(15)16)13-4-17-9/h1-4,14H,(H,15,16). The minimum atomic E-state index is -1.06. The molecule has 1 aromatic carbocycles. The Morgan fingerprint density at radius 2 is 2.29 bits per heavy atom. The van der Waals surface area contributed by atoms with Crippen LogP contribution >= 0.6 is 38.9 Å². The van der Waals surface area contributed by atoms with E-state index in [1.165, 1.54) is 16.8 Å². The molecule has 0 amide bonds. The number of carboxylic acid groups (broad SMARTS) is 1. The van der Waals surface area contributed by atoms with Crippen molar-refractivity contribution in [3.63, 3.8) is 0 Å². The van der Waals surface area contributed by atoms with Crippen LogP contribution in [-0.4, -0.2) is 16.1 Å². The smallest absolute Gasteiger partial charge is 0.357 e. The SMILES string of the molecule is O=C(O)c1ncsc1Nc1ccc(Cl)cc1Br. The summed E-state index contributed by atoms with van der Waals surface area (Å²) >= 11 is 10.4.